The van der Waals surface area contributed by atoms with Crippen molar-refractivity contribution in [1.29, 1.82) is 0 Å². The Labute approximate surface area is 62.0 Å². The van der Waals surface area contributed by atoms with Crippen LogP contribution in [0, 0.1) is 5.92 Å². The monoisotopic (exact) mass is 144 g/mol. The predicted molar refractivity (Wildman–Crippen MR) is 41.5 cm³/mol. The topological polar surface area (TPSA) is 55.1 Å². The molecule has 0 aromatic heterocycles. The highest BCUT2D eigenvalue weighted by Gasteiger charge is 2.10. The van der Waals surface area contributed by atoms with Gasteiger partial charge in [0.2, 0.25) is 5.91 Å². The Kier molecular flexibility index (Phi) is 4.03. The summed E-state index contributed by atoms with van der Waals surface area (Å²) in [5.74, 6) is 0.324. The Morgan fingerprint density at radius 3 is 2.40 bits per heavy atom. The number of hydrogen-bond acceptors (Lipinski definition) is 2. The average Bonchev–Trinajstić information content (AvgIpc) is 1.87. The Hall–Kier alpha value is -0.570. The van der Waals surface area contributed by atoms with Crippen molar-refractivity contribution in [1.82, 2.24) is 5.32 Å². The van der Waals surface area contributed by atoms with Crippen LogP contribution in [-0.4, -0.2) is 19.0 Å². The summed E-state index contributed by atoms with van der Waals surface area (Å²) in [4.78, 5) is 10.8. The fourth-order valence-electron chi connectivity index (χ4n) is 0.580. The minimum absolute atomic E-state index is 0.0600. The molecule has 0 rings (SSSR count). The number of hydrogen-bond donors (Lipinski definition) is 2. The van der Waals surface area contributed by atoms with Crippen LogP contribution in [0.4, 0.5) is 0 Å². The highest BCUT2D eigenvalue weighted by Crippen LogP contribution is 2.04. The molecule has 0 aliphatic rings. The second-order valence-electron chi connectivity index (χ2n) is 2.71. The van der Waals surface area contributed by atoms with Crippen molar-refractivity contribution in [3.05, 3.63) is 0 Å². The van der Waals surface area contributed by atoms with Crippen LogP contribution in [0.5, 0.6) is 0 Å². The maximum Gasteiger partial charge on any atom is 0.220 e. The van der Waals surface area contributed by atoms with Crippen LogP contribution in [0.3, 0.4) is 0 Å². The van der Waals surface area contributed by atoms with Crippen LogP contribution in [0.15, 0.2) is 0 Å². The molecule has 1 amide bonds. The van der Waals surface area contributed by atoms with Crippen molar-refractivity contribution in [2.45, 2.75) is 26.3 Å². The molecule has 0 fully saturated rings. The number of nitrogens with one attached hydrogen (secondary N) is 1. The van der Waals surface area contributed by atoms with Gasteiger partial charge in [0, 0.05) is 19.5 Å². The van der Waals surface area contributed by atoms with Gasteiger partial charge in [0.15, 0.2) is 0 Å². The third-order valence-corrected chi connectivity index (χ3v) is 1.68. The zero-order valence-corrected chi connectivity index (χ0v) is 6.85. The van der Waals surface area contributed by atoms with E-state index in [1.165, 1.54) is 0 Å². The Bertz CT molecular complexity index is 112. The normalized spacial score (nSPS) is 16.0. The highest BCUT2D eigenvalue weighted by molar-refractivity contribution is 5.75. The van der Waals surface area contributed by atoms with E-state index in [0.717, 1.165) is 0 Å². The zero-order chi connectivity index (χ0) is 8.15. The van der Waals surface area contributed by atoms with E-state index >= 15 is 0 Å². The molecule has 0 aromatic carbocycles. The first kappa shape index (κ1) is 9.43. The Morgan fingerprint density at radius 1 is 1.60 bits per heavy atom. The highest BCUT2D eigenvalue weighted by atomic mass is 16.1. The quantitative estimate of drug-likeness (QED) is 0.590. The van der Waals surface area contributed by atoms with Gasteiger partial charge in [-0.1, -0.05) is 6.92 Å². The lowest BCUT2D eigenvalue weighted by molar-refractivity contribution is -0.121. The molecule has 3 N–H and O–H groups in total. The summed E-state index contributed by atoms with van der Waals surface area (Å²) in [6.07, 6.45) is 0.522. The lowest BCUT2D eigenvalue weighted by Crippen LogP contribution is -2.29. The van der Waals surface area contributed by atoms with Gasteiger partial charge in [-0.3, -0.25) is 4.79 Å². The van der Waals surface area contributed by atoms with Crippen molar-refractivity contribution in [2.24, 2.45) is 11.7 Å². The molecule has 0 saturated carbocycles. The minimum atomic E-state index is 0.0600. The van der Waals surface area contributed by atoms with Crippen LogP contribution in [0.2, 0.25) is 0 Å². The first-order valence-corrected chi connectivity index (χ1v) is 3.54. The number of carbonyl (C=O) groups is 1. The summed E-state index contributed by atoms with van der Waals surface area (Å²) in [6.45, 7) is 3.88. The maximum atomic E-state index is 10.8. The second-order valence-corrected chi connectivity index (χ2v) is 2.71. The first-order chi connectivity index (χ1) is 4.57. The molecule has 0 unspecified atom stereocenters. The summed E-state index contributed by atoms with van der Waals surface area (Å²) < 4.78 is 0. The van der Waals surface area contributed by atoms with Gasteiger partial charge in [0.1, 0.15) is 0 Å². The van der Waals surface area contributed by atoms with E-state index < -0.39 is 0 Å². The molecule has 0 radical (unpaired) electrons. The summed E-state index contributed by atoms with van der Waals surface area (Å²) in [5.41, 5.74) is 5.56. The molecule has 3 nitrogen and oxygen atoms in total. The average molecular weight is 144 g/mol. The molecule has 3 heteroatoms. The van der Waals surface area contributed by atoms with Gasteiger partial charge in [-0.15, -0.1) is 0 Å². The van der Waals surface area contributed by atoms with Crippen LogP contribution < -0.4 is 11.1 Å². The Morgan fingerprint density at radius 2 is 2.10 bits per heavy atom. The molecule has 0 aliphatic heterocycles. The van der Waals surface area contributed by atoms with Gasteiger partial charge < -0.3 is 11.1 Å². The summed E-state index contributed by atoms with van der Waals surface area (Å²) in [5, 5.41) is 2.56. The van der Waals surface area contributed by atoms with Crippen LogP contribution in [0.1, 0.15) is 20.3 Å². The smallest absolute Gasteiger partial charge is 0.220 e. The largest absolute Gasteiger partial charge is 0.359 e. The predicted octanol–water partition coefficient (Wildman–Crippen LogP) is 0.106. The van der Waals surface area contributed by atoms with E-state index in [1.807, 2.05) is 13.8 Å². The molecule has 0 aliphatic carbocycles. The minimum Gasteiger partial charge on any atom is -0.359 e. The van der Waals surface area contributed by atoms with Gasteiger partial charge >= 0.3 is 0 Å². The molecule has 0 aromatic rings. The van der Waals surface area contributed by atoms with Crippen LogP contribution in [-0.2, 0) is 4.79 Å². The van der Waals surface area contributed by atoms with Gasteiger partial charge in [-0.2, -0.15) is 0 Å². The Balaban J connectivity index is 3.57. The van der Waals surface area contributed by atoms with Crippen molar-refractivity contribution in [2.75, 3.05) is 7.05 Å². The van der Waals surface area contributed by atoms with Crippen molar-refractivity contribution >= 4 is 5.91 Å². The van der Waals surface area contributed by atoms with E-state index in [0.29, 0.717) is 6.42 Å². The van der Waals surface area contributed by atoms with Crippen molar-refractivity contribution < 1.29 is 4.79 Å². The van der Waals surface area contributed by atoms with Crippen LogP contribution in [0.25, 0.3) is 0 Å². The fourth-order valence-corrected chi connectivity index (χ4v) is 0.580. The second kappa shape index (κ2) is 4.28. The molecular formula is C7H16N2O. The molecule has 60 valence electrons. The maximum absolute atomic E-state index is 10.8. The first-order valence-electron chi connectivity index (χ1n) is 3.54. The van der Waals surface area contributed by atoms with Gasteiger partial charge in [0.05, 0.1) is 0 Å². The third-order valence-electron chi connectivity index (χ3n) is 1.68. The molecular weight excluding hydrogens is 128 g/mol. The van der Waals surface area contributed by atoms with E-state index in [4.69, 9.17) is 5.73 Å². The van der Waals surface area contributed by atoms with Crippen molar-refractivity contribution in [3.8, 4) is 0 Å². The lowest BCUT2D eigenvalue weighted by atomic mass is 10.0. The van der Waals surface area contributed by atoms with Gasteiger partial charge in [0.25, 0.3) is 0 Å². The number of rotatable bonds is 3. The molecule has 2 atom stereocenters. The summed E-state index contributed by atoms with van der Waals surface area (Å²) in [7, 11) is 1.64. The number of nitrogens with two attached hydrogens (primary N) is 1. The van der Waals surface area contributed by atoms with Gasteiger partial charge in [-0.05, 0) is 12.8 Å². The SMILES string of the molecule is CNC(=O)C[C@H](C)[C@@H](C)N. The van der Waals surface area contributed by atoms with E-state index in [-0.39, 0.29) is 17.9 Å². The summed E-state index contributed by atoms with van der Waals surface area (Å²) in [6, 6.07) is 0.0947. The van der Waals surface area contributed by atoms with Crippen molar-refractivity contribution in [3.63, 3.8) is 0 Å². The fraction of sp³-hybridized carbons (Fsp3) is 0.857. The molecule has 0 heterocycles. The number of carbonyl (C=O) groups excluding carboxylic acids is 1. The molecule has 0 bridgehead atoms. The zero-order valence-electron chi connectivity index (χ0n) is 6.85. The lowest BCUT2D eigenvalue weighted by Gasteiger charge is -2.13. The van der Waals surface area contributed by atoms with E-state index in [2.05, 4.69) is 5.32 Å². The van der Waals surface area contributed by atoms with E-state index in [9.17, 15) is 4.79 Å². The van der Waals surface area contributed by atoms with E-state index in [1.54, 1.807) is 7.05 Å². The summed E-state index contributed by atoms with van der Waals surface area (Å²) >= 11 is 0. The molecule has 0 saturated heterocycles. The number of amides is 1. The van der Waals surface area contributed by atoms with Crippen LogP contribution >= 0.6 is 0 Å². The van der Waals surface area contributed by atoms with Gasteiger partial charge in [-0.25, -0.2) is 0 Å². The molecule has 10 heavy (non-hydrogen) atoms. The third kappa shape index (κ3) is 3.45. The molecule has 0 spiro atoms. The standard InChI is InChI=1S/C7H16N2O/c1-5(6(2)8)4-7(10)9-3/h5-6H,4,8H2,1-3H3,(H,9,10)/t5-,6+/m0/s1.